The largest absolute Gasteiger partial charge is 0.462 e. The van der Waals surface area contributed by atoms with Crippen molar-refractivity contribution in [3.8, 4) is 0 Å². The van der Waals surface area contributed by atoms with Crippen LogP contribution in [0.2, 0.25) is 0 Å². The molecule has 0 aromatic rings. The van der Waals surface area contributed by atoms with Gasteiger partial charge in [-0.05, 0) is 116 Å². The monoisotopic (exact) mass is 983 g/mol. The van der Waals surface area contributed by atoms with E-state index < -0.39 is 6.10 Å². The first kappa shape index (κ1) is 66.8. The van der Waals surface area contributed by atoms with Crippen molar-refractivity contribution >= 4 is 17.9 Å². The van der Waals surface area contributed by atoms with Crippen LogP contribution in [0.25, 0.3) is 0 Å². The Labute approximate surface area is 437 Å². The summed E-state index contributed by atoms with van der Waals surface area (Å²) in [6.45, 7) is 6.32. The highest BCUT2D eigenvalue weighted by Crippen LogP contribution is 2.14. The number of hydrogen-bond acceptors (Lipinski definition) is 6. The van der Waals surface area contributed by atoms with E-state index in [1.54, 1.807) is 0 Å². The third-order valence-electron chi connectivity index (χ3n) is 11.9. The SMILES string of the molecule is CC/C=C\C/C=C\C/C=C\C/C=C\CCC(=O)OCC(COC(=O)CCCCCCCCCC/C=C\C/C=C\C/C=C\CCCCCCC)OC(=O)CCCCCCCCC/C=C\C/C=C\C/C=C\CC. The van der Waals surface area contributed by atoms with Crippen molar-refractivity contribution in [2.45, 2.75) is 258 Å². The molecule has 0 bridgehead atoms. The Kier molecular flexibility index (Phi) is 54.9. The zero-order valence-corrected chi connectivity index (χ0v) is 45.9. The number of unbranched alkanes of at least 4 members (excludes halogenated alkanes) is 20. The van der Waals surface area contributed by atoms with Gasteiger partial charge in [0.2, 0.25) is 0 Å². The van der Waals surface area contributed by atoms with Crippen molar-refractivity contribution in [3.05, 3.63) is 122 Å². The maximum atomic E-state index is 12.9. The van der Waals surface area contributed by atoms with Gasteiger partial charge in [0.25, 0.3) is 0 Å². The Morgan fingerprint density at radius 3 is 0.944 bits per heavy atom. The molecule has 0 N–H and O–H groups in total. The van der Waals surface area contributed by atoms with Crippen molar-refractivity contribution in [2.75, 3.05) is 13.2 Å². The molecule has 0 aliphatic carbocycles. The molecule has 0 saturated carbocycles. The molecule has 0 spiro atoms. The van der Waals surface area contributed by atoms with Gasteiger partial charge in [-0.3, -0.25) is 14.4 Å². The molecule has 0 aromatic heterocycles. The average molecular weight is 984 g/mol. The van der Waals surface area contributed by atoms with Gasteiger partial charge >= 0.3 is 17.9 Å². The fourth-order valence-electron chi connectivity index (χ4n) is 7.65. The molecule has 0 radical (unpaired) electrons. The number of hydrogen-bond donors (Lipinski definition) is 0. The maximum Gasteiger partial charge on any atom is 0.306 e. The number of carbonyl (C=O) groups is 3. The Balaban J connectivity index is 4.44. The molecule has 6 nitrogen and oxygen atoms in total. The summed E-state index contributed by atoms with van der Waals surface area (Å²) in [5.74, 6) is -1.01. The highest BCUT2D eigenvalue weighted by atomic mass is 16.6. The molecule has 6 heteroatoms. The lowest BCUT2D eigenvalue weighted by molar-refractivity contribution is -0.166. The van der Waals surface area contributed by atoms with E-state index in [1.165, 1.54) is 89.9 Å². The Morgan fingerprint density at radius 2 is 0.577 bits per heavy atom. The van der Waals surface area contributed by atoms with Crippen molar-refractivity contribution < 1.29 is 28.6 Å². The van der Waals surface area contributed by atoms with Crippen LogP contribution >= 0.6 is 0 Å². The van der Waals surface area contributed by atoms with E-state index in [2.05, 4.69) is 130 Å². The topological polar surface area (TPSA) is 78.9 Å². The molecule has 0 aliphatic heterocycles. The van der Waals surface area contributed by atoms with Gasteiger partial charge in [-0.25, -0.2) is 0 Å². The van der Waals surface area contributed by atoms with E-state index in [0.29, 0.717) is 19.3 Å². The highest BCUT2D eigenvalue weighted by Gasteiger charge is 2.19. The molecule has 0 heterocycles. The van der Waals surface area contributed by atoms with E-state index in [9.17, 15) is 14.4 Å². The molecule has 0 aliphatic rings. The van der Waals surface area contributed by atoms with E-state index in [1.807, 2.05) is 12.2 Å². The third-order valence-corrected chi connectivity index (χ3v) is 11.9. The predicted molar refractivity (Wildman–Crippen MR) is 306 cm³/mol. The second-order valence-corrected chi connectivity index (χ2v) is 18.8. The van der Waals surface area contributed by atoms with E-state index >= 15 is 0 Å². The number of rotatable bonds is 51. The highest BCUT2D eigenvalue weighted by molar-refractivity contribution is 5.71. The smallest absolute Gasteiger partial charge is 0.306 e. The summed E-state index contributed by atoms with van der Waals surface area (Å²) >= 11 is 0. The molecule has 1 atom stereocenters. The minimum absolute atomic E-state index is 0.111. The molecule has 0 rings (SSSR count). The Morgan fingerprint density at radius 1 is 0.296 bits per heavy atom. The Bertz CT molecular complexity index is 1500. The lowest BCUT2D eigenvalue weighted by atomic mass is 10.1. The van der Waals surface area contributed by atoms with Crippen LogP contribution in [0.5, 0.6) is 0 Å². The molecule has 1 unspecified atom stereocenters. The summed E-state index contributed by atoms with van der Waals surface area (Å²) in [6.07, 6.45) is 80.6. The lowest BCUT2D eigenvalue weighted by Crippen LogP contribution is -2.30. The van der Waals surface area contributed by atoms with Gasteiger partial charge < -0.3 is 14.2 Å². The number of carbonyl (C=O) groups excluding carboxylic acids is 3. The predicted octanol–water partition coefficient (Wildman–Crippen LogP) is 19.6. The zero-order chi connectivity index (χ0) is 51.4. The van der Waals surface area contributed by atoms with Gasteiger partial charge in [0, 0.05) is 19.3 Å². The minimum Gasteiger partial charge on any atom is -0.462 e. The fraction of sp³-hybridized carbons (Fsp3) is 0.646. The minimum atomic E-state index is -0.819. The van der Waals surface area contributed by atoms with Crippen molar-refractivity contribution in [2.24, 2.45) is 0 Å². The molecule has 0 aromatic carbocycles. The fourth-order valence-corrected chi connectivity index (χ4v) is 7.65. The summed E-state index contributed by atoms with van der Waals surface area (Å²) in [4.78, 5) is 38.1. The summed E-state index contributed by atoms with van der Waals surface area (Å²) in [6, 6.07) is 0. The number of ether oxygens (including phenoxy) is 3. The van der Waals surface area contributed by atoms with Crippen LogP contribution in [0.15, 0.2) is 122 Å². The third kappa shape index (κ3) is 56.6. The second-order valence-electron chi connectivity index (χ2n) is 18.8. The van der Waals surface area contributed by atoms with Crippen molar-refractivity contribution in [1.29, 1.82) is 0 Å². The first-order valence-electron chi connectivity index (χ1n) is 29.0. The summed E-state index contributed by atoms with van der Waals surface area (Å²) < 4.78 is 16.8. The van der Waals surface area contributed by atoms with Crippen LogP contribution in [-0.2, 0) is 28.6 Å². The molecule has 0 saturated heterocycles. The molecule has 71 heavy (non-hydrogen) atoms. The molecule has 0 amide bonds. The normalized spacial score (nSPS) is 13.0. The van der Waals surface area contributed by atoms with Gasteiger partial charge in [0.15, 0.2) is 6.10 Å². The number of esters is 3. The number of allylic oxidation sites excluding steroid dienone is 20. The maximum absolute atomic E-state index is 12.9. The summed E-state index contributed by atoms with van der Waals surface area (Å²) in [7, 11) is 0. The van der Waals surface area contributed by atoms with Crippen LogP contribution in [0.1, 0.15) is 252 Å². The van der Waals surface area contributed by atoms with Gasteiger partial charge in [0.05, 0.1) is 0 Å². The van der Waals surface area contributed by atoms with Crippen molar-refractivity contribution in [3.63, 3.8) is 0 Å². The van der Waals surface area contributed by atoms with Gasteiger partial charge in [-0.1, -0.05) is 239 Å². The first-order chi connectivity index (χ1) is 35.0. The van der Waals surface area contributed by atoms with Crippen LogP contribution in [0, 0.1) is 0 Å². The molecule has 0 fully saturated rings. The van der Waals surface area contributed by atoms with Gasteiger partial charge in [-0.2, -0.15) is 0 Å². The molecular formula is C65H106O6. The summed E-state index contributed by atoms with van der Waals surface area (Å²) in [5.41, 5.74) is 0. The quantitative estimate of drug-likeness (QED) is 0.0261. The van der Waals surface area contributed by atoms with Crippen LogP contribution in [0.4, 0.5) is 0 Å². The van der Waals surface area contributed by atoms with Crippen LogP contribution in [-0.4, -0.2) is 37.2 Å². The summed E-state index contributed by atoms with van der Waals surface area (Å²) in [5, 5.41) is 0. The Hall–Kier alpha value is -4.19. The van der Waals surface area contributed by atoms with Crippen LogP contribution < -0.4 is 0 Å². The molecular weight excluding hydrogens is 877 g/mol. The zero-order valence-electron chi connectivity index (χ0n) is 45.9. The molecule has 402 valence electrons. The van der Waals surface area contributed by atoms with Gasteiger partial charge in [0.1, 0.15) is 13.2 Å². The lowest BCUT2D eigenvalue weighted by Gasteiger charge is -2.18. The standard InChI is InChI=1S/C65H106O6/c1-4-7-10-13-16-19-22-25-27-29-30-31-32-33-34-36-37-40-43-46-49-52-55-58-64(67)70-61-62(60-69-63(66)57-54-51-48-45-42-39-24-21-18-15-12-9-6-3)71-65(68)59-56-53-50-47-44-41-38-35-28-26-23-20-17-14-11-8-5-2/h8-9,11-12,17-18,20-22,25-26,28-30,32-33,39,42,48,51,62H,4-7,10,13-16,19,23-24,27,31,34-38,40-41,43-47,49-50,52-61H2,1-3H3/b11-8-,12-9-,20-17-,21-18-,25-22-,28-26-,30-29-,33-32-,42-39-,51-48-. The van der Waals surface area contributed by atoms with E-state index in [-0.39, 0.29) is 37.5 Å². The first-order valence-corrected chi connectivity index (χ1v) is 29.0. The second kappa shape index (κ2) is 58.4. The van der Waals surface area contributed by atoms with E-state index in [4.69, 9.17) is 14.2 Å². The average Bonchev–Trinajstić information content (AvgIpc) is 3.37. The van der Waals surface area contributed by atoms with Crippen molar-refractivity contribution in [1.82, 2.24) is 0 Å². The van der Waals surface area contributed by atoms with E-state index in [0.717, 1.165) is 116 Å². The van der Waals surface area contributed by atoms with Crippen LogP contribution in [0.3, 0.4) is 0 Å². The van der Waals surface area contributed by atoms with Gasteiger partial charge in [-0.15, -0.1) is 0 Å².